The molecule has 0 spiro atoms. The Morgan fingerprint density at radius 2 is 2.04 bits per heavy atom. The third kappa shape index (κ3) is 4.72. The molecule has 1 unspecified atom stereocenters. The molecule has 1 heterocycles. The molecule has 1 amide bonds. The molecule has 1 aromatic carbocycles. The van der Waals surface area contributed by atoms with Gasteiger partial charge < -0.3 is 14.6 Å². The number of nitrogens with zero attached hydrogens (tertiary/aromatic N) is 3. The highest BCUT2D eigenvalue weighted by Gasteiger charge is 2.19. The van der Waals surface area contributed by atoms with E-state index in [0.717, 1.165) is 16.5 Å². The summed E-state index contributed by atoms with van der Waals surface area (Å²) in [7, 11) is 3.49. The molecule has 1 aromatic heterocycles. The number of hydrogen-bond acceptors (Lipinski definition) is 5. The van der Waals surface area contributed by atoms with Gasteiger partial charge in [-0.2, -0.15) is 0 Å². The van der Waals surface area contributed by atoms with Crippen molar-refractivity contribution in [3.05, 3.63) is 36.2 Å². The van der Waals surface area contributed by atoms with Gasteiger partial charge in [0.1, 0.15) is 12.1 Å². The number of nitrogens with one attached hydrogen (secondary N) is 1. The Morgan fingerprint density at radius 3 is 2.57 bits per heavy atom. The number of amides is 1. The summed E-state index contributed by atoms with van der Waals surface area (Å²) in [5, 5.41) is 11.6. The number of carbonyl (C=O) groups is 1. The molecule has 124 valence electrons. The van der Waals surface area contributed by atoms with Crippen LogP contribution in [0.25, 0.3) is 0 Å². The van der Waals surface area contributed by atoms with Crippen LogP contribution in [0, 0.1) is 5.92 Å². The molecule has 2 rings (SSSR count). The lowest BCUT2D eigenvalue weighted by atomic mass is 9.96. The van der Waals surface area contributed by atoms with Crippen LogP contribution in [0.1, 0.15) is 25.5 Å². The van der Waals surface area contributed by atoms with E-state index in [1.165, 1.54) is 11.8 Å². The van der Waals surface area contributed by atoms with Crippen LogP contribution in [-0.2, 0) is 11.8 Å². The van der Waals surface area contributed by atoms with Gasteiger partial charge in [0.25, 0.3) is 0 Å². The smallest absolute Gasteiger partial charge is 0.230 e. The van der Waals surface area contributed by atoms with Crippen LogP contribution in [0.15, 0.2) is 35.7 Å². The number of methoxy groups -OCH3 is 1. The van der Waals surface area contributed by atoms with Crippen LogP contribution in [0.5, 0.6) is 5.75 Å². The normalized spacial score (nSPS) is 12.2. The molecular formula is C16H22N4O2S. The molecule has 7 heteroatoms. The first-order chi connectivity index (χ1) is 11.0. The van der Waals surface area contributed by atoms with Gasteiger partial charge in [-0.05, 0) is 23.6 Å². The molecule has 0 bridgehead atoms. The van der Waals surface area contributed by atoms with E-state index in [-0.39, 0.29) is 17.9 Å². The fourth-order valence-corrected chi connectivity index (χ4v) is 2.89. The molecular weight excluding hydrogens is 312 g/mol. The Bertz CT molecular complexity index is 640. The highest BCUT2D eigenvalue weighted by Crippen LogP contribution is 2.24. The maximum absolute atomic E-state index is 12.2. The minimum atomic E-state index is -0.0338. The molecule has 6 nitrogen and oxygen atoms in total. The van der Waals surface area contributed by atoms with Crippen molar-refractivity contribution in [3.63, 3.8) is 0 Å². The summed E-state index contributed by atoms with van der Waals surface area (Å²) in [6.45, 7) is 4.18. The molecule has 0 saturated carbocycles. The van der Waals surface area contributed by atoms with Crippen molar-refractivity contribution in [1.82, 2.24) is 20.1 Å². The Morgan fingerprint density at radius 1 is 1.35 bits per heavy atom. The van der Waals surface area contributed by atoms with Gasteiger partial charge in [-0.25, -0.2) is 0 Å². The second-order valence-electron chi connectivity index (χ2n) is 5.58. The van der Waals surface area contributed by atoms with Crippen LogP contribution in [0.4, 0.5) is 0 Å². The number of hydrogen-bond donors (Lipinski definition) is 1. The zero-order valence-electron chi connectivity index (χ0n) is 13.8. The summed E-state index contributed by atoms with van der Waals surface area (Å²) in [4.78, 5) is 12.2. The predicted molar refractivity (Wildman–Crippen MR) is 90.4 cm³/mol. The molecule has 23 heavy (non-hydrogen) atoms. The zero-order valence-corrected chi connectivity index (χ0v) is 14.6. The van der Waals surface area contributed by atoms with E-state index in [0.29, 0.717) is 5.75 Å². The molecule has 0 saturated heterocycles. The molecule has 0 radical (unpaired) electrons. The topological polar surface area (TPSA) is 69.0 Å². The van der Waals surface area contributed by atoms with Crippen molar-refractivity contribution in [2.75, 3.05) is 12.9 Å². The number of thioether (sulfide) groups is 1. The second-order valence-corrected chi connectivity index (χ2v) is 6.52. The fourth-order valence-electron chi connectivity index (χ4n) is 2.19. The van der Waals surface area contributed by atoms with Crippen LogP contribution < -0.4 is 10.1 Å². The number of carbonyl (C=O) groups excluding carboxylic acids is 1. The number of ether oxygens (including phenoxy) is 1. The van der Waals surface area contributed by atoms with Crippen LogP contribution >= 0.6 is 11.8 Å². The molecule has 0 aliphatic rings. The van der Waals surface area contributed by atoms with E-state index < -0.39 is 0 Å². The predicted octanol–water partition coefficient (Wildman–Crippen LogP) is 2.43. The first kappa shape index (κ1) is 17.3. The lowest BCUT2D eigenvalue weighted by molar-refractivity contribution is -0.119. The number of aromatic nitrogens is 3. The molecule has 1 N–H and O–H groups in total. The van der Waals surface area contributed by atoms with Gasteiger partial charge in [-0.1, -0.05) is 37.7 Å². The average Bonchev–Trinajstić information content (AvgIpc) is 2.95. The average molecular weight is 334 g/mol. The Balaban J connectivity index is 1.98. The summed E-state index contributed by atoms with van der Waals surface area (Å²) in [6.07, 6.45) is 1.62. The maximum Gasteiger partial charge on any atom is 0.230 e. The first-order valence-corrected chi connectivity index (χ1v) is 8.40. The zero-order chi connectivity index (χ0) is 16.8. The van der Waals surface area contributed by atoms with E-state index in [4.69, 9.17) is 4.74 Å². The Kier molecular flexibility index (Phi) is 6.04. The van der Waals surface area contributed by atoms with Gasteiger partial charge in [0, 0.05) is 7.05 Å². The number of benzene rings is 1. The van der Waals surface area contributed by atoms with Gasteiger partial charge >= 0.3 is 0 Å². The molecule has 0 aliphatic heterocycles. The SMILES string of the molecule is COc1ccc(C(NC(=O)CSc2nncn2C)C(C)C)cc1. The minimum absolute atomic E-state index is 0.0208. The van der Waals surface area contributed by atoms with Crippen molar-refractivity contribution < 1.29 is 9.53 Å². The summed E-state index contributed by atoms with van der Waals surface area (Å²) in [5.41, 5.74) is 1.07. The van der Waals surface area contributed by atoms with E-state index in [1.54, 1.807) is 18.0 Å². The second kappa shape index (κ2) is 8.01. The van der Waals surface area contributed by atoms with Gasteiger partial charge in [0.15, 0.2) is 5.16 Å². The molecule has 0 aliphatic carbocycles. The van der Waals surface area contributed by atoms with Crippen molar-refractivity contribution in [2.24, 2.45) is 13.0 Å². The quantitative estimate of drug-likeness (QED) is 0.788. The number of aryl methyl sites for hydroxylation is 1. The minimum Gasteiger partial charge on any atom is -0.497 e. The van der Waals surface area contributed by atoms with Gasteiger partial charge in [0.05, 0.1) is 18.9 Å². The fraction of sp³-hybridized carbons (Fsp3) is 0.438. The summed E-state index contributed by atoms with van der Waals surface area (Å²) >= 11 is 1.37. The monoisotopic (exact) mass is 334 g/mol. The molecule has 0 fully saturated rings. The standard InChI is InChI=1S/C16H22N4O2S/c1-11(2)15(12-5-7-13(22-4)8-6-12)18-14(21)9-23-16-19-17-10-20(16)3/h5-8,10-11,15H,9H2,1-4H3,(H,18,21). The highest BCUT2D eigenvalue weighted by molar-refractivity contribution is 7.99. The van der Waals surface area contributed by atoms with Crippen molar-refractivity contribution in [3.8, 4) is 5.75 Å². The largest absolute Gasteiger partial charge is 0.497 e. The highest BCUT2D eigenvalue weighted by atomic mass is 32.2. The van der Waals surface area contributed by atoms with E-state index in [1.807, 2.05) is 31.3 Å². The van der Waals surface area contributed by atoms with Gasteiger partial charge in [-0.3, -0.25) is 4.79 Å². The van der Waals surface area contributed by atoms with Crippen molar-refractivity contribution in [1.29, 1.82) is 0 Å². The van der Waals surface area contributed by atoms with Crippen molar-refractivity contribution >= 4 is 17.7 Å². The lowest BCUT2D eigenvalue weighted by Gasteiger charge is -2.23. The van der Waals surface area contributed by atoms with E-state index in [9.17, 15) is 4.79 Å². The third-order valence-electron chi connectivity index (χ3n) is 3.46. The van der Waals surface area contributed by atoms with Gasteiger partial charge in [0.2, 0.25) is 5.91 Å². The number of rotatable bonds is 7. The third-order valence-corrected chi connectivity index (χ3v) is 4.49. The molecule has 2 aromatic rings. The summed E-state index contributed by atoms with van der Waals surface area (Å²) in [6, 6.07) is 7.75. The first-order valence-electron chi connectivity index (χ1n) is 7.41. The van der Waals surface area contributed by atoms with Crippen LogP contribution in [0.3, 0.4) is 0 Å². The Hall–Kier alpha value is -2.02. The Labute approximate surface area is 140 Å². The van der Waals surface area contributed by atoms with Crippen LogP contribution in [-0.4, -0.2) is 33.5 Å². The van der Waals surface area contributed by atoms with Crippen molar-refractivity contribution in [2.45, 2.75) is 25.0 Å². The summed E-state index contributed by atoms with van der Waals surface area (Å²) in [5.74, 6) is 1.38. The lowest BCUT2D eigenvalue weighted by Crippen LogP contribution is -2.33. The molecule has 1 atom stereocenters. The van der Waals surface area contributed by atoms with E-state index >= 15 is 0 Å². The van der Waals surface area contributed by atoms with E-state index in [2.05, 4.69) is 29.4 Å². The maximum atomic E-state index is 12.2. The van der Waals surface area contributed by atoms with Gasteiger partial charge in [-0.15, -0.1) is 10.2 Å². The summed E-state index contributed by atoms with van der Waals surface area (Å²) < 4.78 is 6.97. The van der Waals surface area contributed by atoms with Crippen LogP contribution in [0.2, 0.25) is 0 Å².